The molecule has 0 heterocycles. The molecular formula is C12H14F3NO. The van der Waals surface area contributed by atoms with Gasteiger partial charge in [0.05, 0.1) is 0 Å². The van der Waals surface area contributed by atoms with E-state index in [4.69, 9.17) is 5.11 Å². The Kier molecular flexibility index (Phi) is 3.14. The third kappa shape index (κ3) is 2.79. The number of hydrogen-bond acceptors (Lipinski definition) is 2. The van der Waals surface area contributed by atoms with Gasteiger partial charge in [-0.15, -0.1) is 0 Å². The maximum absolute atomic E-state index is 12.2. The number of nitrogens with one attached hydrogen (secondary N) is 1. The minimum Gasteiger partial charge on any atom is -0.382 e. The lowest BCUT2D eigenvalue weighted by Gasteiger charge is -2.21. The molecule has 0 bridgehead atoms. The van der Waals surface area contributed by atoms with Gasteiger partial charge in [0, 0.05) is 12.1 Å². The number of aliphatic hydroxyl groups excluding tert-OH is 1. The lowest BCUT2D eigenvalue weighted by atomic mass is 10.0. The molecule has 0 aromatic heterocycles. The molecule has 0 unspecified atom stereocenters. The van der Waals surface area contributed by atoms with E-state index in [9.17, 15) is 13.2 Å². The SMILES string of the molecule is O[C@H](CNC1(c2ccccc2)CC1)C(F)(F)F. The summed E-state index contributed by atoms with van der Waals surface area (Å²) in [5.41, 5.74) is 0.613. The molecule has 94 valence electrons. The predicted molar refractivity (Wildman–Crippen MR) is 57.4 cm³/mol. The van der Waals surface area contributed by atoms with Gasteiger partial charge in [0.15, 0.2) is 6.10 Å². The van der Waals surface area contributed by atoms with E-state index in [0.717, 1.165) is 18.4 Å². The molecule has 1 aromatic rings. The number of rotatable bonds is 4. The molecule has 2 nitrogen and oxygen atoms in total. The molecule has 2 rings (SSSR count). The van der Waals surface area contributed by atoms with Crippen LogP contribution in [0.3, 0.4) is 0 Å². The Bertz CT molecular complexity index is 373. The monoisotopic (exact) mass is 245 g/mol. The molecule has 2 N–H and O–H groups in total. The van der Waals surface area contributed by atoms with E-state index in [-0.39, 0.29) is 5.54 Å². The Morgan fingerprint density at radius 2 is 1.82 bits per heavy atom. The van der Waals surface area contributed by atoms with Crippen LogP contribution in [0.25, 0.3) is 0 Å². The first kappa shape index (κ1) is 12.4. The van der Waals surface area contributed by atoms with Crippen LogP contribution in [0.15, 0.2) is 30.3 Å². The Hall–Kier alpha value is -1.07. The first-order valence-corrected chi connectivity index (χ1v) is 5.49. The molecule has 1 aliphatic rings. The van der Waals surface area contributed by atoms with Crippen LogP contribution in [0.5, 0.6) is 0 Å². The topological polar surface area (TPSA) is 32.3 Å². The average molecular weight is 245 g/mol. The first-order valence-electron chi connectivity index (χ1n) is 5.49. The largest absolute Gasteiger partial charge is 0.415 e. The number of aliphatic hydroxyl groups is 1. The Morgan fingerprint density at radius 1 is 1.24 bits per heavy atom. The second-order valence-corrected chi connectivity index (χ2v) is 4.39. The van der Waals surface area contributed by atoms with E-state index in [2.05, 4.69) is 5.32 Å². The van der Waals surface area contributed by atoms with Gasteiger partial charge in [-0.3, -0.25) is 0 Å². The van der Waals surface area contributed by atoms with Gasteiger partial charge in [-0.2, -0.15) is 13.2 Å². The van der Waals surface area contributed by atoms with E-state index in [1.165, 1.54) is 0 Å². The van der Waals surface area contributed by atoms with Crippen molar-refractivity contribution < 1.29 is 18.3 Å². The van der Waals surface area contributed by atoms with Crippen LogP contribution in [0, 0.1) is 0 Å². The number of halogens is 3. The van der Waals surface area contributed by atoms with E-state index in [0.29, 0.717) is 0 Å². The highest BCUT2D eigenvalue weighted by atomic mass is 19.4. The van der Waals surface area contributed by atoms with Crippen molar-refractivity contribution in [2.75, 3.05) is 6.54 Å². The highest BCUT2D eigenvalue weighted by Crippen LogP contribution is 2.45. The fourth-order valence-electron chi connectivity index (χ4n) is 1.86. The van der Waals surface area contributed by atoms with Crippen molar-refractivity contribution in [3.8, 4) is 0 Å². The van der Waals surface area contributed by atoms with E-state index >= 15 is 0 Å². The van der Waals surface area contributed by atoms with Crippen LogP contribution in [-0.2, 0) is 5.54 Å². The van der Waals surface area contributed by atoms with Crippen LogP contribution < -0.4 is 5.32 Å². The van der Waals surface area contributed by atoms with E-state index in [1.54, 1.807) is 0 Å². The van der Waals surface area contributed by atoms with Crippen LogP contribution in [0.1, 0.15) is 18.4 Å². The van der Waals surface area contributed by atoms with Gasteiger partial charge in [0.1, 0.15) is 0 Å². The fourth-order valence-corrected chi connectivity index (χ4v) is 1.86. The molecule has 1 saturated carbocycles. The summed E-state index contributed by atoms with van der Waals surface area (Å²) in [7, 11) is 0. The van der Waals surface area contributed by atoms with E-state index < -0.39 is 18.8 Å². The molecule has 5 heteroatoms. The van der Waals surface area contributed by atoms with Gasteiger partial charge in [0.2, 0.25) is 0 Å². The third-order valence-corrected chi connectivity index (χ3v) is 3.09. The van der Waals surface area contributed by atoms with Crippen molar-refractivity contribution >= 4 is 0 Å². The Balaban J connectivity index is 1.96. The molecule has 17 heavy (non-hydrogen) atoms. The summed E-state index contributed by atoms with van der Waals surface area (Å²) in [4.78, 5) is 0. The summed E-state index contributed by atoms with van der Waals surface area (Å²) in [5, 5.41) is 11.8. The van der Waals surface area contributed by atoms with Crippen molar-refractivity contribution in [2.45, 2.75) is 30.7 Å². The van der Waals surface area contributed by atoms with Crippen molar-refractivity contribution in [1.82, 2.24) is 5.32 Å². The first-order chi connectivity index (χ1) is 7.94. The van der Waals surface area contributed by atoms with Gasteiger partial charge in [-0.05, 0) is 18.4 Å². The highest BCUT2D eigenvalue weighted by Gasteiger charge is 2.46. The molecule has 0 amide bonds. The molecule has 1 aliphatic carbocycles. The second-order valence-electron chi connectivity index (χ2n) is 4.39. The van der Waals surface area contributed by atoms with Crippen molar-refractivity contribution in [2.24, 2.45) is 0 Å². The lowest BCUT2D eigenvalue weighted by molar-refractivity contribution is -0.202. The standard InChI is InChI=1S/C12H14F3NO/c13-12(14,15)10(17)8-16-11(6-7-11)9-4-2-1-3-5-9/h1-5,10,16-17H,6-8H2/t10-/m1/s1. The quantitative estimate of drug-likeness (QED) is 0.852. The maximum Gasteiger partial charge on any atom is 0.415 e. The zero-order valence-electron chi connectivity index (χ0n) is 9.17. The van der Waals surface area contributed by atoms with Gasteiger partial charge in [-0.25, -0.2) is 0 Å². The zero-order chi connectivity index (χ0) is 12.5. The van der Waals surface area contributed by atoms with E-state index in [1.807, 2.05) is 30.3 Å². The minimum absolute atomic E-state index is 0.368. The summed E-state index contributed by atoms with van der Waals surface area (Å²) >= 11 is 0. The van der Waals surface area contributed by atoms with Crippen molar-refractivity contribution in [1.29, 1.82) is 0 Å². The van der Waals surface area contributed by atoms with Gasteiger partial charge in [-0.1, -0.05) is 30.3 Å². The van der Waals surface area contributed by atoms with Crippen LogP contribution >= 0.6 is 0 Å². The maximum atomic E-state index is 12.2. The molecule has 1 atom stereocenters. The molecule has 1 fully saturated rings. The number of alkyl halides is 3. The number of hydrogen-bond donors (Lipinski definition) is 2. The average Bonchev–Trinajstić information content (AvgIpc) is 3.07. The molecule has 0 spiro atoms. The Labute approximate surface area is 97.5 Å². The fraction of sp³-hybridized carbons (Fsp3) is 0.500. The van der Waals surface area contributed by atoms with Gasteiger partial charge in [0.25, 0.3) is 0 Å². The molecular weight excluding hydrogens is 231 g/mol. The minimum atomic E-state index is -4.56. The van der Waals surface area contributed by atoms with Crippen molar-refractivity contribution in [3.63, 3.8) is 0 Å². The van der Waals surface area contributed by atoms with Crippen LogP contribution in [0.4, 0.5) is 13.2 Å². The zero-order valence-corrected chi connectivity index (χ0v) is 9.17. The predicted octanol–water partition coefficient (Wildman–Crippen LogP) is 2.19. The lowest BCUT2D eigenvalue weighted by Crippen LogP contribution is -2.42. The summed E-state index contributed by atoms with van der Waals surface area (Å²) < 4.78 is 36.5. The summed E-state index contributed by atoms with van der Waals surface area (Å²) in [6.07, 6.45) is -5.24. The van der Waals surface area contributed by atoms with Gasteiger partial charge < -0.3 is 10.4 Å². The second kappa shape index (κ2) is 4.31. The highest BCUT2D eigenvalue weighted by molar-refractivity contribution is 5.29. The smallest absolute Gasteiger partial charge is 0.382 e. The molecule has 0 saturated heterocycles. The molecule has 0 radical (unpaired) electrons. The molecule has 0 aliphatic heterocycles. The van der Waals surface area contributed by atoms with Gasteiger partial charge >= 0.3 is 6.18 Å². The van der Waals surface area contributed by atoms with Crippen molar-refractivity contribution in [3.05, 3.63) is 35.9 Å². The van der Waals surface area contributed by atoms with Crippen LogP contribution in [-0.4, -0.2) is 23.9 Å². The summed E-state index contributed by atoms with van der Waals surface area (Å²) in [6, 6.07) is 9.36. The summed E-state index contributed by atoms with van der Waals surface area (Å²) in [6.45, 7) is -0.460. The Morgan fingerprint density at radius 3 is 2.29 bits per heavy atom. The molecule has 1 aromatic carbocycles. The number of benzene rings is 1. The van der Waals surface area contributed by atoms with Crippen LogP contribution in [0.2, 0.25) is 0 Å². The third-order valence-electron chi connectivity index (χ3n) is 3.09. The summed E-state index contributed by atoms with van der Waals surface area (Å²) in [5.74, 6) is 0. The normalized spacial score (nSPS) is 20.0.